The van der Waals surface area contributed by atoms with E-state index < -0.39 is 10.0 Å². The number of ether oxygens (including phenoxy) is 1. The Morgan fingerprint density at radius 1 is 1.56 bits per heavy atom. The van der Waals surface area contributed by atoms with Gasteiger partial charge in [0.15, 0.2) is 0 Å². The van der Waals surface area contributed by atoms with Crippen LogP contribution in [0, 0.1) is 0 Å². The van der Waals surface area contributed by atoms with Crippen LogP contribution in [-0.4, -0.2) is 28.2 Å². The lowest BCUT2D eigenvalue weighted by Gasteiger charge is -2.12. The van der Waals surface area contributed by atoms with Gasteiger partial charge in [0.25, 0.3) is 0 Å². The van der Waals surface area contributed by atoms with Crippen LogP contribution in [0.2, 0.25) is 0 Å². The average molecular weight is 328 g/mol. The van der Waals surface area contributed by atoms with Gasteiger partial charge in [-0.25, -0.2) is 13.1 Å². The van der Waals surface area contributed by atoms with Crippen LogP contribution >= 0.6 is 27.3 Å². The molecular weight excluding hydrogens is 314 g/mol. The van der Waals surface area contributed by atoms with Crippen LogP contribution in [0.25, 0.3) is 0 Å². The van der Waals surface area contributed by atoms with E-state index in [1.165, 1.54) is 11.3 Å². The fraction of sp³-hybridized carbons (Fsp3) is 0.556. The van der Waals surface area contributed by atoms with E-state index >= 15 is 0 Å². The summed E-state index contributed by atoms with van der Waals surface area (Å²) in [6.45, 7) is 2.36. The van der Waals surface area contributed by atoms with Gasteiger partial charge in [0.05, 0.1) is 3.79 Å². The van der Waals surface area contributed by atoms with Gasteiger partial charge in [-0.05, 0) is 41.4 Å². The predicted octanol–water partition coefficient (Wildman–Crippen LogP) is 2.21. The smallest absolute Gasteiger partial charge is 0.250 e. The molecule has 1 rings (SSSR count). The minimum atomic E-state index is -3.39. The van der Waals surface area contributed by atoms with Crippen LogP contribution in [0.1, 0.15) is 13.3 Å². The Morgan fingerprint density at radius 3 is 2.75 bits per heavy atom. The Morgan fingerprint density at radius 2 is 2.25 bits per heavy atom. The molecule has 0 aliphatic heterocycles. The van der Waals surface area contributed by atoms with Crippen LogP contribution in [0.15, 0.2) is 20.1 Å². The number of thiophene rings is 1. The zero-order chi connectivity index (χ0) is 12.2. The van der Waals surface area contributed by atoms with Crippen molar-refractivity contribution < 1.29 is 13.2 Å². The van der Waals surface area contributed by atoms with Crippen molar-refractivity contribution in [3.8, 4) is 0 Å². The molecule has 0 aliphatic carbocycles. The molecule has 4 nitrogen and oxygen atoms in total. The Kier molecular flexibility index (Phi) is 5.39. The van der Waals surface area contributed by atoms with Crippen LogP contribution in [0.3, 0.4) is 0 Å². The lowest BCUT2D eigenvalue weighted by Crippen LogP contribution is -2.32. The SMILES string of the molecule is COCCC(C)NS(=O)(=O)c1ccc(Br)s1. The molecule has 0 bridgehead atoms. The Balaban J connectivity index is 2.65. The minimum absolute atomic E-state index is 0.133. The molecule has 1 heterocycles. The normalized spacial score (nSPS) is 13.9. The summed E-state index contributed by atoms with van der Waals surface area (Å²) < 4.78 is 32.3. The molecule has 16 heavy (non-hydrogen) atoms. The molecule has 0 fully saturated rings. The number of hydrogen-bond donors (Lipinski definition) is 1. The first-order valence-electron chi connectivity index (χ1n) is 4.72. The van der Waals surface area contributed by atoms with Gasteiger partial charge >= 0.3 is 0 Å². The highest BCUT2D eigenvalue weighted by atomic mass is 79.9. The number of halogens is 1. The molecule has 0 saturated carbocycles. The van der Waals surface area contributed by atoms with E-state index in [4.69, 9.17) is 4.74 Å². The fourth-order valence-corrected chi connectivity index (χ4v) is 4.42. The Hall–Kier alpha value is 0.0500. The molecule has 0 radical (unpaired) electrons. The Labute approximate surface area is 108 Å². The molecule has 0 aromatic carbocycles. The topological polar surface area (TPSA) is 55.4 Å². The van der Waals surface area contributed by atoms with Crippen LogP contribution < -0.4 is 4.72 Å². The van der Waals surface area contributed by atoms with Crippen molar-refractivity contribution >= 4 is 37.3 Å². The molecule has 0 amide bonds. The summed E-state index contributed by atoms with van der Waals surface area (Å²) in [5.41, 5.74) is 0. The quantitative estimate of drug-likeness (QED) is 0.871. The summed E-state index contributed by atoms with van der Waals surface area (Å²) in [6, 6.07) is 3.17. The summed E-state index contributed by atoms with van der Waals surface area (Å²) in [6.07, 6.45) is 0.655. The van der Waals surface area contributed by atoms with Gasteiger partial charge in [-0.15, -0.1) is 11.3 Å². The summed E-state index contributed by atoms with van der Waals surface area (Å²) in [4.78, 5) is 0. The highest BCUT2D eigenvalue weighted by molar-refractivity contribution is 9.11. The Bertz CT molecular complexity index is 430. The first kappa shape index (κ1) is 14.1. The molecule has 7 heteroatoms. The second-order valence-electron chi connectivity index (χ2n) is 3.36. The van der Waals surface area contributed by atoms with E-state index in [0.29, 0.717) is 17.2 Å². The number of hydrogen-bond acceptors (Lipinski definition) is 4. The third kappa shape index (κ3) is 4.14. The molecule has 1 atom stereocenters. The number of methoxy groups -OCH3 is 1. The number of nitrogens with one attached hydrogen (secondary N) is 1. The van der Waals surface area contributed by atoms with Crippen LogP contribution in [0.5, 0.6) is 0 Å². The van der Waals surface area contributed by atoms with E-state index in [1.54, 1.807) is 19.2 Å². The molecule has 1 aromatic rings. The third-order valence-corrected chi connectivity index (χ3v) is 5.63. The second-order valence-corrected chi connectivity index (χ2v) is 7.77. The lowest BCUT2D eigenvalue weighted by atomic mass is 10.3. The van der Waals surface area contributed by atoms with Crippen molar-refractivity contribution in [3.63, 3.8) is 0 Å². The van der Waals surface area contributed by atoms with Gasteiger partial charge in [0, 0.05) is 19.8 Å². The van der Waals surface area contributed by atoms with Crippen LogP contribution in [0.4, 0.5) is 0 Å². The number of rotatable bonds is 6. The van der Waals surface area contributed by atoms with Crippen molar-refractivity contribution in [1.29, 1.82) is 0 Å². The molecule has 92 valence electrons. The van der Waals surface area contributed by atoms with Crippen molar-refractivity contribution in [1.82, 2.24) is 4.72 Å². The summed E-state index contributed by atoms with van der Waals surface area (Å²) in [7, 11) is -1.79. The zero-order valence-corrected chi connectivity index (χ0v) is 12.3. The van der Waals surface area contributed by atoms with Crippen molar-refractivity contribution in [2.45, 2.75) is 23.6 Å². The standard InChI is InChI=1S/C9H14BrNO3S2/c1-7(5-6-14-2)11-16(12,13)9-4-3-8(10)15-9/h3-4,7,11H,5-6H2,1-2H3. The summed E-state index contributed by atoms with van der Waals surface area (Å²) in [5, 5.41) is 0. The van der Waals surface area contributed by atoms with Gasteiger partial charge in [0.2, 0.25) is 10.0 Å². The zero-order valence-electron chi connectivity index (χ0n) is 9.07. The van der Waals surface area contributed by atoms with Crippen molar-refractivity contribution in [3.05, 3.63) is 15.9 Å². The molecule has 0 aliphatic rings. The minimum Gasteiger partial charge on any atom is -0.385 e. The summed E-state index contributed by atoms with van der Waals surface area (Å²) >= 11 is 4.43. The van der Waals surface area contributed by atoms with Crippen molar-refractivity contribution in [2.24, 2.45) is 0 Å². The number of sulfonamides is 1. The van der Waals surface area contributed by atoms with E-state index in [1.807, 2.05) is 6.92 Å². The monoisotopic (exact) mass is 327 g/mol. The molecule has 1 aromatic heterocycles. The van der Waals surface area contributed by atoms with E-state index in [9.17, 15) is 8.42 Å². The van der Waals surface area contributed by atoms with Gasteiger partial charge in [-0.2, -0.15) is 0 Å². The van der Waals surface area contributed by atoms with E-state index in [-0.39, 0.29) is 6.04 Å². The third-order valence-electron chi connectivity index (χ3n) is 1.92. The second kappa shape index (κ2) is 6.11. The van der Waals surface area contributed by atoms with Gasteiger partial charge in [-0.3, -0.25) is 0 Å². The van der Waals surface area contributed by atoms with Crippen molar-refractivity contribution in [2.75, 3.05) is 13.7 Å². The lowest BCUT2D eigenvalue weighted by molar-refractivity contribution is 0.188. The maximum absolute atomic E-state index is 11.9. The maximum atomic E-state index is 11.9. The molecule has 1 unspecified atom stereocenters. The molecule has 0 spiro atoms. The van der Waals surface area contributed by atoms with E-state index in [2.05, 4.69) is 20.7 Å². The fourth-order valence-electron chi connectivity index (χ4n) is 1.12. The van der Waals surface area contributed by atoms with E-state index in [0.717, 1.165) is 3.79 Å². The highest BCUT2D eigenvalue weighted by Gasteiger charge is 2.18. The molecular formula is C9H14BrNO3S2. The largest absolute Gasteiger partial charge is 0.385 e. The maximum Gasteiger partial charge on any atom is 0.250 e. The first-order chi connectivity index (χ1) is 7.45. The highest BCUT2D eigenvalue weighted by Crippen LogP contribution is 2.25. The average Bonchev–Trinajstić information content (AvgIpc) is 2.62. The molecule has 0 saturated heterocycles. The molecule has 1 N–H and O–H groups in total. The van der Waals surface area contributed by atoms with Gasteiger partial charge < -0.3 is 4.74 Å². The van der Waals surface area contributed by atoms with Gasteiger partial charge in [-0.1, -0.05) is 0 Å². The van der Waals surface area contributed by atoms with Gasteiger partial charge in [0.1, 0.15) is 4.21 Å². The van der Waals surface area contributed by atoms with Crippen LogP contribution in [-0.2, 0) is 14.8 Å². The first-order valence-corrected chi connectivity index (χ1v) is 7.81. The predicted molar refractivity (Wildman–Crippen MR) is 68.3 cm³/mol. The summed E-state index contributed by atoms with van der Waals surface area (Å²) in [5.74, 6) is 0.